The van der Waals surface area contributed by atoms with E-state index in [2.05, 4.69) is 20.9 Å². The van der Waals surface area contributed by atoms with Gasteiger partial charge in [0, 0.05) is 19.2 Å². The molecule has 1 atom stereocenters. The van der Waals surface area contributed by atoms with Crippen LogP contribution < -0.4 is 10.6 Å². The van der Waals surface area contributed by atoms with E-state index in [9.17, 15) is 4.79 Å². The molecule has 2 N–H and O–H groups in total. The summed E-state index contributed by atoms with van der Waals surface area (Å²) in [5.74, 6) is -0.155. The van der Waals surface area contributed by atoms with Gasteiger partial charge in [0.1, 0.15) is 5.69 Å². The first-order valence-electron chi connectivity index (χ1n) is 7.92. The number of anilines is 1. The van der Waals surface area contributed by atoms with Gasteiger partial charge in [-0.25, -0.2) is 4.68 Å². The van der Waals surface area contributed by atoms with Crippen molar-refractivity contribution in [1.29, 1.82) is 0 Å². The van der Waals surface area contributed by atoms with Gasteiger partial charge < -0.3 is 15.4 Å². The molecule has 0 aliphatic carbocycles. The maximum Gasteiger partial charge on any atom is 0.251 e. The largest absolute Gasteiger partial charge is 0.378 e. The minimum atomic E-state index is -0.155. The number of benzene rings is 1. The number of carbonyl (C=O) groups is 1. The van der Waals surface area contributed by atoms with E-state index in [4.69, 9.17) is 16.3 Å². The van der Waals surface area contributed by atoms with Gasteiger partial charge in [-0.05, 0) is 31.0 Å². The number of halogens is 1. The van der Waals surface area contributed by atoms with Crippen LogP contribution in [0.4, 0.5) is 5.69 Å². The molecule has 1 aliphatic rings. The summed E-state index contributed by atoms with van der Waals surface area (Å²) in [5.41, 5.74) is 2.03. The third-order valence-corrected chi connectivity index (χ3v) is 4.25. The lowest BCUT2D eigenvalue weighted by Crippen LogP contribution is -2.17. The van der Waals surface area contributed by atoms with Crippen molar-refractivity contribution >= 4 is 23.2 Å². The van der Waals surface area contributed by atoms with Crippen molar-refractivity contribution in [3.63, 3.8) is 0 Å². The number of carbonyl (C=O) groups excluding carboxylic acids is 1. The molecule has 0 spiro atoms. The number of ether oxygens (including phenoxy) is 1. The molecule has 0 radical (unpaired) electrons. The third kappa shape index (κ3) is 4.04. The normalized spacial score (nSPS) is 17.0. The van der Waals surface area contributed by atoms with Crippen LogP contribution in [0.3, 0.4) is 0 Å². The molecule has 1 saturated heterocycles. The molecular weight excluding hydrogens is 330 g/mol. The summed E-state index contributed by atoms with van der Waals surface area (Å²) in [5, 5.41) is 14.6. The Morgan fingerprint density at radius 3 is 3.12 bits per heavy atom. The van der Waals surface area contributed by atoms with E-state index < -0.39 is 0 Å². The van der Waals surface area contributed by atoms with Crippen molar-refractivity contribution < 1.29 is 9.53 Å². The van der Waals surface area contributed by atoms with Crippen molar-refractivity contribution in [3.8, 4) is 0 Å². The summed E-state index contributed by atoms with van der Waals surface area (Å²) in [7, 11) is 1.59. The highest BCUT2D eigenvalue weighted by Gasteiger charge is 2.16. The zero-order valence-electron chi connectivity index (χ0n) is 13.5. The number of amides is 1. The monoisotopic (exact) mass is 349 g/mol. The van der Waals surface area contributed by atoms with Gasteiger partial charge in [-0.2, -0.15) is 0 Å². The second kappa shape index (κ2) is 7.63. The molecule has 1 aromatic heterocycles. The van der Waals surface area contributed by atoms with Gasteiger partial charge in [0.25, 0.3) is 5.91 Å². The first-order valence-corrected chi connectivity index (χ1v) is 8.29. The molecule has 2 aromatic rings. The maximum atomic E-state index is 11.7. The van der Waals surface area contributed by atoms with Crippen molar-refractivity contribution in [2.45, 2.75) is 32.0 Å². The van der Waals surface area contributed by atoms with Crippen LogP contribution in [0.1, 0.15) is 28.9 Å². The summed E-state index contributed by atoms with van der Waals surface area (Å²) in [4.78, 5) is 11.7. The Morgan fingerprint density at radius 2 is 2.38 bits per heavy atom. The molecule has 7 nitrogen and oxygen atoms in total. The standard InChI is InChI=1S/C16H20ClN5O2/c1-18-16(23)11-4-5-14(17)15(7-11)19-8-12-9-22(21-20-12)10-13-3-2-6-24-13/h4-5,7,9,13,19H,2-3,6,8,10H2,1H3,(H,18,23). The summed E-state index contributed by atoms with van der Waals surface area (Å²) in [6.07, 6.45) is 4.29. The molecular formula is C16H20ClN5O2. The van der Waals surface area contributed by atoms with Gasteiger partial charge in [-0.1, -0.05) is 16.8 Å². The molecule has 1 unspecified atom stereocenters. The fourth-order valence-electron chi connectivity index (χ4n) is 2.64. The fraction of sp³-hybridized carbons (Fsp3) is 0.438. The minimum Gasteiger partial charge on any atom is -0.378 e. The zero-order valence-corrected chi connectivity index (χ0v) is 14.2. The van der Waals surface area contributed by atoms with Crippen LogP contribution in [0.2, 0.25) is 5.02 Å². The average Bonchev–Trinajstić information content (AvgIpc) is 3.26. The van der Waals surface area contributed by atoms with Crippen molar-refractivity contribution in [2.75, 3.05) is 19.0 Å². The van der Waals surface area contributed by atoms with E-state index in [1.165, 1.54) is 0 Å². The second-order valence-corrected chi connectivity index (χ2v) is 6.10. The van der Waals surface area contributed by atoms with Gasteiger partial charge in [0.2, 0.25) is 0 Å². The molecule has 0 saturated carbocycles. The predicted molar refractivity (Wildman–Crippen MR) is 91.2 cm³/mol. The van der Waals surface area contributed by atoms with E-state index in [1.54, 1.807) is 29.9 Å². The summed E-state index contributed by atoms with van der Waals surface area (Å²) < 4.78 is 7.40. The van der Waals surface area contributed by atoms with Gasteiger partial charge in [-0.3, -0.25) is 4.79 Å². The van der Waals surface area contributed by atoms with Crippen molar-refractivity contribution in [1.82, 2.24) is 20.3 Å². The number of nitrogens with zero attached hydrogens (tertiary/aromatic N) is 3. The van der Waals surface area contributed by atoms with Gasteiger partial charge in [-0.15, -0.1) is 5.10 Å². The molecule has 3 rings (SSSR count). The molecule has 1 fully saturated rings. The molecule has 8 heteroatoms. The Balaban J connectivity index is 1.61. The van der Waals surface area contributed by atoms with Crippen LogP contribution >= 0.6 is 11.6 Å². The Morgan fingerprint density at radius 1 is 1.50 bits per heavy atom. The lowest BCUT2D eigenvalue weighted by Gasteiger charge is -2.09. The van der Waals surface area contributed by atoms with E-state index in [-0.39, 0.29) is 12.0 Å². The summed E-state index contributed by atoms with van der Waals surface area (Å²) in [6.45, 7) is 2.02. The van der Waals surface area contributed by atoms with E-state index >= 15 is 0 Å². The third-order valence-electron chi connectivity index (χ3n) is 3.92. The van der Waals surface area contributed by atoms with Crippen LogP contribution in [0.15, 0.2) is 24.4 Å². The number of nitrogens with one attached hydrogen (secondary N) is 2. The van der Waals surface area contributed by atoms with E-state index in [0.717, 1.165) is 31.7 Å². The highest BCUT2D eigenvalue weighted by Crippen LogP contribution is 2.23. The van der Waals surface area contributed by atoms with Crippen LogP contribution in [0.5, 0.6) is 0 Å². The molecule has 1 amide bonds. The van der Waals surface area contributed by atoms with E-state index in [1.807, 2.05) is 6.20 Å². The predicted octanol–water partition coefficient (Wildman–Crippen LogP) is 2.08. The minimum absolute atomic E-state index is 0.155. The van der Waals surface area contributed by atoms with Crippen LogP contribution in [-0.2, 0) is 17.8 Å². The topological polar surface area (TPSA) is 81.1 Å². The highest BCUT2D eigenvalue weighted by molar-refractivity contribution is 6.33. The molecule has 0 bridgehead atoms. The number of hydrogen-bond donors (Lipinski definition) is 2. The summed E-state index contributed by atoms with van der Waals surface area (Å²) >= 11 is 6.18. The molecule has 1 aliphatic heterocycles. The fourth-order valence-corrected chi connectivity index (χ4v) is 2.82. The number of rotatable bonds is 6. The molecule has 24 heavy (non-hydrogen) atoms. The van der Waals surface area contributed by atoms with Gasteiger partial charge >= 0.3 is 0 Å². The van der Waals surface area contributed by atoms with Crippen LogP contribution in [-0.4, -0.2) is 40.7 Å². The Kier molecular flexibility index (Phi) is 5.32. The molecule has 128 valence electrons. The Hall–Kier alpha value is -2.12. The first-order chi connectivity index (χ1) is 11.7. The average molecular weight is 350 g/mol. The Bertz CT molecular complexity index is 712. The van der Waals surface area contributed by atoms with Gasteiger partial charge in [0.15, 0.2) is 0 Å². The maximum absolute atomic E-state index is 11.7. The zero-order chi connectivity index (χ0) is 16.9. The molecule has 1 aromatic carbocycles. The van der Waals surface area contributed by atoms with Gasteiger partial charge in [0.05, 0.1) is 36.1 Å². The number of hydrogen-bond acceptors (Lipinski definition) is 5. The van der Waals surface area contributed by atoms with E-state index in [0.29, 0.717) is 22.8 Å². The quantitative estimate of drug-likeness (QED) is 0.834. The van der Waals surface area contributed by atoms with Crippen LogP contribution in [0.25, 0.3) is 0 Å². The lowest BCUT2D eigenvalue weighted by atomic mass is 10.2. The van der Waals surface area contributed by atoms with Crippen molar-refractivity contribution in [2.24, 2.45) is 0 Å². The molecule has 2 heterocycles. The highest BCUT2D eigenvalue weighted by atomic mass is 35.5. The second-order valence-electron chi connectivity index (χ2n) is 5.69. The smallest absolute Gasteiger partial charge is 0.251 e. The number of aromatic nitrogens is 3. The Labute approximate surface area is 145 Å². The summed E-state index contributed by atoms with van der Waals surface area (Å²) in [6, 6.07) is 5.10. The SMILES string of the molecule is CNC(=O)c1ccc(Cl)c(NCc2cn(CC3CCCO3)nn2)c1. The van der Waals surface area contributed by atoms with Crippen LogP contribution in [0, 0.1) is 0 Å². The van der Waals surface area contributed by atoms with Crippen molar-refractivity contribution in [3.05, 3.63) is 40.7 Å². The first kappa shape index (κ1) is 16.7. The lowest BCUT2D eigenvalue weighted by molar-refractivity contribution is 0.0934.